The van der Waals surface area contributed by atoms with E-state index in [-0.39, 0.29) is 5.54 Å². The molecule has 4 heteroatoms. The van der Waals surface area contributed by atoms with Gasteiger partial charge in [-0.15, -0.1) is 0 Å². The maximum absolute atomic E-state index is 5.52. The van der Waals surface area contributed by atoms with Crippen molar-refractivity contribution in [1.82, 2.24) is 0 Å². The van der Waals surface area contributed by atoms with Crippen LogP contribution in [0.25, 0.3) is 5.57 Å². The lowest BCUT2D eigenvalue weighted by Crippen LogP contribution is -2.31. The minimum Gasteiger partial charge on any atom is -0.494 e. The zero-order chi connectivity index (χ0) is 17.7. The van der Waals surface area contributed by atoms with Crippen LogP contribution in [0.1, 0.15) is 33.3 Å². The standard InChI is InChI=1S/C14H19NO.C6H8N2/c1-5-16-11-6-7-13-12(8-11)10(2)9-14(3,4)15-13;7-5-1-2-6(8)4-3-5/h6-9,15H,5H2,1-4H3;1-4H,7-8H2. The molecule has 0 spiro atoms. The number of nitrogen functional groups attached to an aromatic ring is 2. The molecule has 0 bridgehead atoms. The molecule has 1 aliphatic rings. The van der Waals surface area contributed by atoms with E-state index in [1.54, 1.807) is 24.3 Å². The van der Waals surface area contributed by atoms with Gasteiger partial charge in [-0.05, 0) is 75.7 Å². The van der Waals surface area contributed by atoms with Gasteiger partial charge >= 0.3 is 0 Å². The van der Waals surface area contributed by atoms with Gasteiger partial charge in [-0.1, -0.05) is 6.08 Å². The van der Waals surface area contributed by atoms with Crippen molar-refractivity contribution in [3.05, 3.63) is 54.1 Å². The molecule has 0 atom stereocenters. The van der Waals surface area contributed by atoms with E-state index in [4.69, 9.17) is 16.2 Å². The molecule has 0 unspecified atom stereocenters. The molecule has 5 N–H and O–H groups in total. The van der Waals surface area contributed by atoms with Crippen LogP contribution in [0.15, 0.2) is 48.5 Å². The fraction of sp³-hybridized carbons (Fsp3) is 0.300. The lowest BCUT2D eigenvalue weighted by molar-refractivity contribution is 0.340. The average molecular weight is 325 g/mol. The molecule has 0 aromatic heterocycles. The number of hydrogen-bond acceptors (Lipinski definition) is 4. The van der Waals surface area contributed by atoms with Gasteiger partial charge in [0.05, 0.1) is 12.1 Å². The molecule has 4 nitrogen and oxygen atoms in total. The first-order valence-electron chi connectivity index (χ1n) is 8.16. The molecule has 1 heterocycles. The van der Waals surface area contributed by atoms with Crippen molar-refractivity contribution >= 4 is 22.6 Å². The number of rotatable bonds is 2. The molecule has 2 aromatic rings. The van der Waals surface area contributed by atoms with E-state index >= 15 is 0 Å². The van der Waals surface area contributed by atoms with Crippen LogP contribution in [0.4, 0.5) is 17.1 Å². The van der Waals surface area contributed by atoms with Gasteiger partial charge in [-0.2, -0.15) is 0 Å². The highest BCUT2D eigenvalue weighted by Crippen LogP contribution is 2.35. The van der Waals surface area contributed by atoms with Crippen LogP contribution >= 0.6 is 0 Å². The topological polar surface area (TPSA) is 73.3 Å². The van der Waals surface area contributed by atoms with E-state index in [1.165, 1.54) is 16.8 Å². The molecule has 2 aromatic carbocycles. The Bertz CT molecular complexity index is 697. The summed E-state index contributed by atoms with van der Waals surface area (Å²) >= 11 is 0. The lowest BCUT2D eigenvalue weighted by Gasteiger charge is -2.31. The van der Waals surface area contributed by atoms with Gasteiger partial charge in [0.1, 0.15) is 5.75 Å². The van der Waals surface area contributed by atoms with Crippen molar-refractivity contribution in [3.63, 3.8) is 0 Å². The van der Waals surface area contributed by atoms with Crippen LogP contribution in [-0.4, -0.2) is 12.1 Å². The van der Waals surface area contributed by atoms with Crippen molar-refractivity contribution in [2.45, 2.75) is 33.2 Å². The predicted octanol–water partition coefficient (Wildman–Crippen LogP) is 4.54. The molecular weight excluding hydrogens is 298 g/mol. The fourth-order valence-corrected chi connectivity index (χ4v) is 2.71. The normalized spacial score (nSPS) is 14.4. The second kappa shape index (κ2) is 7.30. The van der Waals surface area contributed by atoms with E-state index < -0.39 is 0 Å². The molecule has 0 aliphatic carbocycles. The molecule has 0 fully saturated rings. The molecule has 24 heavy (non-hydrogen) atoms. The van der Waals surface area contributed by atoms with Crippen molar-refractivity contribution in [2.24, 2.45) is 0 Å². The first-order valence-corrected chi connectivity index (χ1v) is 8.16. The second-order valence-corrected chi connectivity index (χ2v) is 6.48. The summed E-state index contributed by atoms with van der Waals surface area (Å²) in [7, 11) is 0. The third-order valence-electron chi connectivity index (χ3n) is 3.70. The number of benzene rings is 2. The Hall–Kier alpha value is -2.62. The van der Waals surface area contributed by atoms with Crippen molar-refractivity contribution in [2.75, 3.05) is 23.4 Å². The Kier molecular flexibility index (Phi) is 5.39. The Labute approximate surface area is 144 Å². The molecule has 1 aliphatic heterocycles. The van der Waals surface area contributed by atoms with Crippen LogP contribution in [0, 0.1) is 0 Å². The molecule has 128 valence electrons. The third kappa shape index (κ3) is 4.69. The average Bonchev–Trinajstić information content (AvgIpc) is 2.51. The van der Waals surface area contributed by atoms with Crippen LogP contribution in [0.3, 0.4) is 0 Å². The first-order chi connectivity index (χ1) is 11.3. The summed E-state index contributed by atoms with van der Waals surface area (Å²) in [5, 5.41) is 3.50. The summed E-state index contributed by atoms with van der Waals surface area (Å²) in [6.07, 6.45) is 2.26. The minimum absolute atomic E-state index is 0.0320. The molecule has 0 amide bonds. The van der Waals surface area contributed by atoms with Gasteiger partial charge in [-0.3, -0.25) is 0 Å². The van der Waals surface area contributed by atoms with E-state index in [9.17, 15) is 0 Å². The number of ether oxygens (including phenoxy) is 1. The van der Waals surface area contributed by atoms with E-state index in [0.29, 0.717) is 6.61 Å². The Morgan fingerprint density at radius 1 is 1.00 bits per heavy atom. The Morgan fingerprint density at radius 2 is 1.58 bits per heavy atom. The summed E-state index contributed by atoms with van der Waals surface area (Å²) < 4.78 is 5.52. The molecule has 3 rings (SSSR count). The minimum atomic E-state index is 0.0320. The van der Waals surface area contributed by atoms with E-state index in [0.717, 1.165) is 17.1 Å². The van der Waals surface area contributed by atoms with Crippen molar-refractivity contribution in [3.8, 4) is 5.75 Å². The third-order valence-corrected chi connectivity index (χ3v) is 3.70. The SMILES string of the molecule is CCOc1ccc2c(c1)C(C)=CC(C)(C)N2.Nc1ccc(N)cc1. The fourth-order valence-electron chi connectivity index (χ4n) is 2.71. The summed E-state index contributed by atoms with van der Waals surface area (Å²) in [5.74, 6) is 0.940. The van der Waals surface area contributed by atoms with Gasteiger partial charge < -0.3 is 21.5 Å². The van der Waals surface area contributed by atoms with E-state index in [2.05, 4.69) is 44.3 Å². The van der Waals surface area contributed by atoms with Crippen LogP contribution in [-0.2, 0) is 0 Å². The van der Waals surface area contributed by atoms with Crippen LogP contribution in [0.5, 0.6) is 5.75 Å². The Morgan fingerprint density at radius 3 is 2.12 bits per heavy atom. The van der Waals surface area contributed by atoms with Crippen molar-refractivity contribution in [1.29, 1.82) is 0 Å². The Balaban J connectivity index is 0.000000219. The van der Waals surface area contributed by atoms with Gasteiger partial charge in [0.2, 0.25) is 0 Å². The second-order valence-electron chi connectivity index (χ2n) is 6.48. The number of fused-ring (bicyclic) bond motifs is 1. The highest BCUT2D eigenvalue weighted by atomic mass is 16.5. The van der Waals surface area contributed by atoms with Gasteiger partial charge in [0, 0.05) is 22.6 Å². The smallest absolute Gasteiger partial charge is 0.120 e. The lowest BCUT2D eigenvalue weighted by atomic mass is 9.91. The molecular formula is C20H27N3O. The summed E-state index contributed by atoms with van der Waals surface area (Å²) in [6.45, 7) is 9.22. The highest BCUT2D eigenvalue weighted by Gasteiger charge is 2.22. The maximum atomic E-state index is 5.52. The summed E-state index contributed by atoms with van der Waals surface area (Å²) in [4.78, 5) is 0. The summed E-state index contributed by atoms with van der Waals surface area (Å²) in [5.41, 5.74) is 16.0. The monoisotopic (exact) mass is 325 g/mol. The number of allylic oxidation sites excluding steroid dienone is 1. The first kappa shape index (κ1) is 17.7. The number of nitrogens with one attached hydrogen (secondary N) is 1. The maximum Gasteiger partial charge on any atom is 0.120 e. The van der Waals surface area contributed by atoms with Gasteiger partial charge in [-0.25, -0.2) is 0 Å². The molecule has 0 radical (unpaired) electrons. The van der Waals surface area contributed by atoms with Gasteiger partial charge in [0.25, 0.3) is 0 Å². The molecule has 0 saturated carbocycles. The predicted molar refractivity (Wildman–Crippen MR) is 104 cm³/mol. The highest BCUT2D eigenvalue weighted by molar-refractivity contribution is 5.80. The largest absolute Gasteiger partial charge is 0.494 e. The number of anilines is 3. The van der Waals surface area contributed by atoms with Gasteiger partial charge in [0.15, 0.2) is 0 Å². The van der Waals surface area contributed by atoms with E-state index in [1.807, 2.05) is 13.0 Å². The summed E-state index contributed by atoms with van der Waals surface area (Å²) in [6, 6.07) is 13.3. The number of hydrogen-bond donors (Lipinski definition) is 3. The van der Waals surface area contributed by atoms with Crippen LogP contribution < -0.4 is 21.5 Å². The zero-order valence-corrected chi connectivity index (χ0v) is 14.9. The van der Waals surface area contributed by atoms with Crippen molar-refractivity contribution < 1.29 is 4.74 Å². The molecule has 0 saturated heterocycles. The zero-order valence-electron chi connectivity index (χ0n) is 14.9. The quantitative estimate of drug-likeness (QED) is 0.709. The number of nitrogens with two attached hydrogens (primary N) is 2. The van der Waals surface area contributed by atoms with Crippen LogP contribution in [0.2, 0.25) is 0 Å².